The molecule has 0 aliphatic carbocycles. The van der Waals surface area contributed by atoms with E-state index in [0.717, 1.165) is 0 Å². The number of carbonyl (C=O) groups excluding carboxylic acids is 1. The second-order valence-electron chi connectivity index (χ2n) is 8.68. The van der Waals surface area contributed by atoms with E-state index in [2.05, 4.69) is 182 Å². The second-order valence-corrected chi connectivity index (χ2v) is 13.1. The maximum absolute atomic E-state index is 8.00. The topological polar surface area (TPSA) is 17.1 Å². The molecule has 0 fully saturated rings. The highest BCUT2D eigenvalue weighted by Crippen LogP contribution is 2.33. The first kappa shape index (κ1) is 28.8. The Morgan fingerprint density at radius 1 is 0.250 bits per heavy atom. The summed E-state index contributed by atoms with van der Waals surface area (Å²) in [6.45, 7) is 2.00. The van der Waals surface area contributed by atoms with Crippen LogP contribution in [0.2, 0.25) is 0 Å². The molecule has 0 atom stereocenters. The van der Waals surface area contributed by atoms with Gasteiger partial charge in [-0.1, -0.05) is 182 Å². The molecule has 0 heterocycles. The molecule has 6 aromatic carbocycles. The smallest absolute Gasteiger partial charge is 0.106 e. The molecule has 3 heteroatoms. The van der Waals surface area contributed by atoms with Crippen molar-refractivity contribution in [1.29, 1.82) is 0 Å². The van der Waals surface area contributed by atoms with Crippen molar-refractivity contribution in [3.05, 3.63) is 182 Å². The van der Waals surface area contributed by atoms with Gasteiger partial charge < -0.3 is 4.79 Å². The summed E-state index contributed by atoms with van der Waals surface area (Å²) in [6, 6.07) is 64.7. The highest BCUT2D eigenvalue weighted by molar-refractivity contribution is 7.80. The summed E-state index contributed by atoms with van der Waals surface area (Å²) in [5.41, 5.74) is 0. The molecule has 0 spiro atoms. The van der Waals surface area contributed by atoms with Gasteiger partial charge in [0.15, 0.2) is 0 Å². The van der Waals surface area contributed by atoms with E-state index in [1.165, 1.54) is 31.8 Å². The third-order valence-corrected chi connectivity index (χ3v) is 11.0. The molecule has 0 aromatic heterocycles. The summed E-state index contributed by atoms with van der Waals surface area (Å²) in [5, 5.41) is 8.39. The molecule has 196 valence electrons. The van der Waals surface area contributed by atoms with Crippen molar-refractivity contribution in [2.24, 2.45) is 0 Å². The van der Waals surface area contributed by atoms with Crippen LogP contribution in [0.5, 0.6) is 0 Å². The third-order valence-electron chi connectivity index (χ3n) is 6.09. The monoisotopic (exact) mass is 554 g/mol. The van der Waals surface area contributed by atoms with Gasteiger partial charge in [-0.05, 0) is 47.7 Å². The fraction of sp³-hybridized carbons (Fsp3) is 0. The maximum Gasteiger partial charge on any atom is 0.106 e. The van der Waals surface area contributed by atoms with Crippen LogP contribution in [0.3, 0.4) is 0 Å². The van der Waals surface area contributed by atoms with Gasteiger partial charge in [-0.25, -0.2) is 0 Å². The average molecular weight is 555 g/mol. The molecule has 0 aliphatic rings. The van der Waals surface area contributed by atoms with Crippen molar-refractivity contribution in [2.45, 2.75) is 0 Å². The standard InChI is InChI=1S/2C18H15P.CH2O/c2*1-4-10-16(11-5-1)19(17-12-6-2-7-13-17)18-14-8-3-9-15-18;1-2/h2*1-15H;1H2. The molecule has 40 heavy (non-hydrogen) atoms. The zero-order valence-corrected chi connectivity index (χ0v) is 24.1. The normalized spacial score (nSPS) is 10.2. The molecule has 0 bridgehead atoms. The van der Waals surface area contributed by atoms with Gasteiger partial charge in [-0.15, -0.1) is 0 Å². The summed E-state index contributed by atoms with van der Waals surface area (Å²) in [4.78, 5) is 8.00. The van der Waals surface area contributed by atoms with Gasteiger partial charge in [0, 0.05) is 0 Å². The molecule has 0 saturated carbocycles. The Hall–Kier alpha value is -4.15. The SMILES string of the molecule is C=O.c1ccc(P(c2ccccc2)c2ccccc2)cc1.c1ccc(P(c2ccccc2)c2ccccc2)cc1. The van der Waals surface area contributed by atoms with Crippen molar-refractivity contribution < 1.29 is 4.79 Å². The molecule has 0 aliphatic heterocycles. The number of hydrogen-bond donors (Lipinski definition) is 0. The van der Waals surface area contributed by atoms with Crippen LogP contribution < -0.4 is 31.8 Å². The van der Waals surface area contributed by atoms with Crippen LogP contribution in [0, 0.1) is 0 Å². The molecule has 1 nitrogen and oxygen atoms in total. The molecule has 0 saturated heterocycles. The second kappa shape index (κ2) is 16.1. The Bertz CT molecular complexity index is 1190. The predicted molar refractivity (Wildman–Crippen MR) is 177 cm³/mol. The van der Waals surface area contributed by atoms with Crippen LogP contribution in [0.15, 0.2) is 182 Å². The lowest BCUT2D eigenvalue weighted by Crippen LogP contribution is -2.20. The van der Waals surface area contributed by atoms with Crippen LogP contribution in [0.25, 0.3) is 0 Å². The summed E-state index contributed by atoms with van der Waals surface area (Å²) >= 11 is 0. The van der Waals surface area contributed by atoms with Crippen molar-refractivity contribution in [3.8, 4) is 0 Å². The van der Waals surface area contributed by atoms with Crippen LogP contribution in [0.1, 0.15) is 0 Å². The first-order valence-corrected chi connectivity index (χ1v) is 15.8. The van der Waals surface area contributed by atoms with Gasteiger partial charge in [0.05, 0.1) is 0 Å². The molecule has 0 radical (unpaired) electrons. The van der Waals surface area contributed by atoms with Gasteiger partial charge >= 0.3 is 0 Å². The van der Waals surface area contributed by atoms with E-state index in [4.69, 9.17) is 4.79 Å². The Morgan fingerprint density at radius 2 is 0.375 bits per heavy atom. The summed E-state index contributed by atoms with van der Waals surface area (Å²) < 4.78 is 0. The van der Waals surface area contributed by atoms with Gasteiger partial charge in [0.2, 0.25) is 0 Å². The highest BCUT2D eigenvalue weighted by Gasteiger charge is 2.16. The molecule has 0 unspecified atom stereocenters. The van der Waals surface area contributed by atoms with E-state index in [0.29, 0.717) is 0 Å². The lowest BCUT2D eigenvalue weighted by atomic mass is 10.4. The molecular formula is C37H32OP2. The zero-order chi connectivity index (χ0) is 27.8. The molecule has 0 amide bonds. The van der Waals surface area contributed by atoms with Crippen molar-refractivity contribution in [1.82, 2.24) is 0 Å². The van der Waals surface area contributed by atoms with E-state index in [1.54, 1.807) is 0 Å². The van der Waals surface area contributed by atoms with E-state index in [9.17, 15) is 0 Å². The number of benzene rings is 6. The minimum atomic E-state index is -0.446. The van der Waals surface area contributed by atoms with E-state index >= 15 is 0 Å². The van der Waals surface area contributed by atoms with E-state index in [-0.39, 0.29) is 0 Å². The molecule has 0 N–H and O–H groups in total. The Kier molecular flexibility index (Phi) is 11.6. The zero-order valence-electron chi connectivity index (χ0n) is 22.3. The lowest BCUT2D eigenvalue weighted by Gasteiger charge is -2.18. The number of carbonyl (C=O) groups is 1. The number of hydrogen-bond acceptors (Lipinski definition) is 1. The molecule has 6 aromatic rings. The largest absolute Gasteiger partial charge is 0.307 e. The quantitative estimate of drug-likeness (QED) is 0.209. The Labute approximate surface area is 240 Å². The van der Waals surface area contributed by atoms with Gasteiger partial charge in [-0.3, -0.25) is 0 Å². The highest BCUT2D eigenvalue weighted by atomic mass is 31.1. The molecular weight excluding hydrogens is 522 g/mol. The van der Waals surface area contributed by atoms with Gasteiger partial charge in [0.1, 0.15) is 6.79 Å². The number of rotatable bonds is 6. The Morgan fingerprint density at radius 3 is 0.500 bits per heavy atom. The van der Waals surface area contributed by atoms with Gasteiger partial charge in [0.25, 0.3) is 0 Å². The lowest BCUT2D eigenvalue weighted by molar-refractivity contribution is -0.0979. The average Bonchev–Trinajstić information content (AvgIpc) is 3.06. The predicted octanol–water partition coefficient (Wildman–Crippen LogP) is 6.70. The fourth-order valence-corrected chi connectivity index (χ4v) is 8.97. The van der Waals surface area contributed by atoms with Crippen molar-refractivity contribution in [2.75, 3.05) is 0 Å². The Balaban J connectivity index is 0.000000174. The minimum absolute atomic E-state index is 0.446. The maximum atomic E-state index is 8.00. The third kappa shape index (κ3) is 7.93. The van der Waals surface area contributed by atoms with Crippen LogP contribution >= 0.6 is 15.8 Å². The van der Waals surface area contributed by atoms with E-state index in [1.807, 2.05) is 6.79 Å². The summed E-state index contributed by atoms with van der Waals surface area (Å²) in [5.74, 6) is 0. The summed E-state index contributed by atoms with van der Waals surface area (Å²) in [6.07, 6.45) is 0. The van der Waals surface area contributed by atoms with Crippen LogP contribution in [-0.4, -0.2) is 6.79 Å². The van der Waals surface area contributed by atoms with Crippen molar-refractivity contribution in [3.63, 3.8) is 0 Å². The van der Waals surface area contributed by atoms with Crippen LogP contribution in [0.4, 0.5) is 0 Å². The van der Waals surface area contributed by atoms with Crippen LogP contribution in [-0.2, 0) is 4.79 Å². The first-order valence-electron chi connectivity index (χ1n) is 13.1. The summed E-state index contributed by atoms with van der Waals surface area (Å²) in [7, 11) is -0.892. The van der Waals surface area contributed by atoms with Gasteiger partial charge in [-0.2, -0.15) is 0 Å². The minimum Gasteiger partial charge on any atom is -0.307 e. The van der Waals surface area contributed by atoms with Crippen molar-refractivity contribution >= 4 is 54.5 Å². The fourth-order valence-electron chi connectivity index (χ4n) is 4.36. The van der Waals surface area contributed by atoms with E-state index < -0.39 is 15.8 Å². The molecule has 6 rings (SSSR count). The first-order chi connectivity index (χ1) is 19.9.